The van der Waals surface area contributed by atoms with E-state index in [1.165, 1.54) is 6.20 Å². The molecule has 0 saturated carbocycles. The SMILES string of the molecule is COP(=O)(O)OC[C@H]1O[C@@H](n2ccc(=O)[nH]c2=O)C[C@@H]1O. The maximum absolute atomic E-state index is 11.6. The van der Waals surface area contributed by atoms with E-state index in [0.29, 0.717) is 0 Å². The summed E-state index contributed by atoms with van der Waals surface area (Å²) in [5.74, 6) is 0. The van der Waals surface area contributed by atoms with Gasteiger partial charge >= 0.3 is 13.5 Å². The van der Waals surface area contributed by atoms with Gasteiger partial charge in [-0.05, 0) is 0 Å². The predicted molar refractivity (Wildman–Crippen MR) is 68.6 cm³/mol. The number of H-pyrrole nitrogens is 1. The number of nitrogens with zero attached hydrogens (tertiary/aromatic N) is 1. The van der Waals surface area contributed by atoms with E-state index in [1.807, 2.05) is 0 Å². The van der Waals surface area contributed by atoms with E-state index in [2.05, 4.69) is 14.0 Å². The van der Waals surface area contributed by atoms with Crippen molar-refractivity contribution in [1.82, 2.24) is 9.55 Å². The second kappa shape index (κ2) is 6.22. The zero-order valence-electron chi connectivity index (χ0n) is 11.0. The van der Waals surface area contributed by atoms with Crippen LogP contribution in [0.3, 0.4) is 0 Å². The molecule has 21 heavy (non-hydrogen) atoms. The average molecular weight is 322 g/mol. The molecule has 1 aromatic heterocycles. The minimum Gasteiger partial charge on any atom is -0.390 e. The number of aliphatic hydroxyl groups is 1. The Balaban J connectivity index is 2.05. The van der Waals surface area contributed by atoms with Gasteiger partial charge in [0.05, 0.1) is 12.7 Å². The summed E-state index contributed by atoms with van der Waals surface area (Å²) in [6.07, 6.45) is -1.38. The zero-order chi connectivity index (χ0) is 15.6. The second-order valence-electron chi connectivity index (χ2n) is 4.40. The fourth-order valence-electron chi connectivity index (χ4n) is 1.91. The number of aliphatic hydroxyl groups excluding tert-OH is 1. The maximum Gasteiger partial charge on any atom is 0.472 e. The van der Waals surface area contributed by atoms with Crippen molar-refractivity contribution in [2.45, 2.75) is 24.9 Å². The lowest BCUT2D eigenvalue weighted by molar-refractivity contribution is -0.0457. The van der Waals surface area contributed by atoms with Gasteiger partial charge in [0.25, 0.3) is 5.56 Å². The van der Waals surface area contributed by atoms with Crippen LogP contribution >= 0.6 is 7.82 Å². The molecule has 0 aromatic carbocycles. The third-order valence-electron chi connectivity index (χ3n) is 3.00. The molecule has 118 valence electrons. The van der Waals surface area contributed by atoms with Crippen LogP contribution in [-0.2, 0) is 18.3 Å². The van der Waals surface area contributed by atoms with Crippen LogP contribution in [0.1, 0.15) is 12.6 Å². The summed E-state index contributed by atoms with van der Waals surface area (Å²) in [5, 5.41) is 9.83. The molecule has 0 radical (unpaired) electrons. The molecule has 10 nitrogen and oxygen atoms in total. The molecule has 1 aliphatic rings. The fraction of sp³-hybridized carbons (Fsp3) is 0.600. The van der Waals surface area contributed by atoms with Crippen molar-refractivity contribution in [3.63, 3.8) is 0 Å². The van der Waals surface area contributed by atoms with E-state index in [0.717, 1.165) is 17.7 Å². The monoisotopic (exact) mass is 322 g/mol. The van der Waals surface area contributed by atoms with Crippen molar-refractivity contribution in [3.8, 4) is 0 Å². The minimum atomic E-state index is -4.17. The normalized spacial score (nSPS) is 28.4. The van der Waals surface area contributed by atoms with Gasteiger partial charge in [-0.2, -0.15) is 0 Å². The smallest absolute Gasteiger partial charge is 0.390 e. The summed E-state index contributed by atoms with van der Waals surface area (Å²) in [5.41, 5.74) is -1.22. The van der Waals surface area contributed by atoms with Crippen LogP contribution in [0, 0.1) is 0 Å². The molecule has 0 aliphatic carbocycles. The summed E-state index contributed by atoms with van der Waals surface area (Å²) >= 11 is 0. The van der Waals surface area contributed by atoms with Gasteiger partial charge < -0.3 is 14.7 Å². The first-order valence-corrected chi connectivity index (χ1v) is 7.50. The molecule has 0 amide bonds. The Morgan fingerprint density at radius 1 is 1.57 bits per heavy atom. The average Bonchev–Trinajstić information content (AvgIpc) is 2.78. The third-order valence-corrected chi connectivity index (χ3v) is 3.94. The van der Waals surface area contributed by atoms with Gasteiger partial charge in [-0.15, -0.1) is 0 Å². The third kappa shape index (κ3) is 3.88. The van der Waals surface area contributed by atoms with Gasteiger partial charge in [0, 0.05) is 25.8 Å². The van der Waals surface area contributed by atoms with Gasteiger partial charge in [-0.1, -0.05) is 0 Å². The van der Waals surface area contributed by atoms with E-state index in [1.54, 1.807) is 0 Å². The Morgan fingerprint density at radius 2 is 2.29 bits per heavy atom. The Labute approximate surface area is 118 Å². The molecule has 1 aliphatic heterocycles. The Kier molecular flexibility index (Phi) is 4.77. The van der Waals surface area contributed by atoms with Gasteiger partial charge in [0.2, 0.25) is 0 Å². The first-order valence-electron chi connectivity index (χ1n) is 6.00. The van der Waals surface area contributed by atoms with E-state index in [4.69, 9.17) is 9.63 Å². The lowest BCUT2D eigenvalue weighted by Crippen LogP contribution is -2.31. The largest absolute Gasteiger partial charge is 0.472 e. The maximum atomic E-state index is 11.6. The molecule has 1 aromatic rings. The number of hydrogen-bond donors (Lipinski definition) is 3. The number of phosphoric acid groups is 1. The number of ether oxygens (including phenoxy) is 1. The van der Waals surface area contributed by atoms with Crippen LogP contribution in [0.4, 0.5) is 0 Å². The van der Waals surface area contributed by atoms with Crippen LogP contribution in [0.15, 0.2) is 21.9 Å². The second-order valence-corrected chi connectivity index (χ2v) is 5.96. The Bertz CT molecular complexity index is 655. The highest BCUT2D eigenvalue weighted by atomic mass is 31.2. The molecule has 0 spiro atoms. The van der Waals surface area contributed by atoms with Crippen molar-refractivity contribution in [2.75, 3.05) is 13.7 Å². The molecule has 1 unspecified atom stereocenters. The zero-order valence-corrected chi connectivity index (χ0v) is 11.9. The molecule has 2 heterocycles. The van der Waals surface area contributed by atoms with Crippen molar-refractivity contribution in [2.24, 2.45) is 0 Å². The summed E-state index contributed by atoms with van der Waals surface area (Å²) in [6, 6.07) is 1.15. The highest BCUT2D eigenvalue weighted by Crippen LogP contribution is 2.43. The molecule has 2 rings (SSSR count). The first kappa shape index (κ1) is 16.1. The number of nitrogens with one attached hydrogen (secondary N) is 1. The summed E-state index contributed by atoms with van der Waals surface area (Å²) < 4.78 is 26.5. The first-order chi connectivity index (χ1) is 9.82. The van der Waals surface area contributed by atoms with Crippen LogP contribution in [0.5, 0.6) is 0 Å². The van der Waals surface area contributed by atoms with Gasteiger partial charge in [-0.3, -0.25) is 23.4 Å². The highest BCUT2D eigenvalue weighted by molar-refractivity contribution is 7.47. The van der Waals surface area contributed by atoms with Gasteiger partial charge in [0.1, 0.15) is 12.3 Å². The Hall–Kier alpha value is -1.29. The van der Waals surface area contributed by atoms with Gasteiger partial charge in [-0.25, -0.2) is 9.36 Å². The number of aromatic amines is 1. The van der Waals surface area contributed by atoms with Gasteiger partial charge in [0.15, 0.2) is 0 Å². The van der Waals surface area contributed by atoms with E-state index >= 15 is 0 Å². The van der Waals surface area contributed by atoms with Crippen molar-refractivity contribution < 1.29 is 28.3 Å². The molecule has 3 N–H and O–H groups in total. The number of rotatable bonds is 5. The lowest BCUT2D eigenvalue weighted by atomic mass is 10.2. The van der Waals surface area contributed by atoms with E-state index < -0.39 is 37.5 Å². The molecule has 0 bridgehead atoms. The molecule has 1 saturated heterocycles. The quantitative estimate of drug-likeness (QED) is 0.583. The minimum absolute atomic E-state index is 0.0721. The van der Waals surface area contributed by atoms with Crippen molar-refractivity contribution in [1.29, 1.82) is 0 Å². The van der Waals surface area contributed by atoms with Crippen molar-refractivity contribution >= 4 is 7.82 Å². The standard InChI is InChI=1S/C10H15N2O8P/c1-18-21(16,17)19-5-7-6(13)4-9(20-7)12-3-2-8(14)11-10(12)15/h2-3,6-7,9,13H,4-5H2,1H3,(H,16,17)(H,11,14,15)/t6-,7+,9+/m0/s1. The Morgan fingerprint density at radius 3 is 2.90 bits per heavy atom. The lowest BCUT2D eigenvalue weighted by Gasteiger charge is -2.17. The fourth-order valence-corrected chi connectivity index (χ4v) is 2.35. The van der Waals surface area contributed by atoms with Crippen LogP contribution in [-0.4, -0.2) is 45.5 Å². The van der Waals surface area contributed by atoms with Crippen LogP contribution in [0.25, 0.3) is 0 Å². The molecule has 1 fully saturated rings. The number of phosphoric ester groups is 1. The summed E-state index contributed by atoms with van der Waals surface area (Å²) in [7, 11) is -3.16. The molecule has 4 atom stereocenters. The molecular weight excluding hydrogens is 307 g/mol. The van der Waals surface area contributed by atoms with Crippen LogP contribution in [0.2, 0.25) is 0 Å². The molecular formula is C10H15N2O8P. The van der Waals surface area contributed by atoms with Crippen LogP contribution < -0.4 is 11.2 Å². The number of aromatic nitrogens is 2. The summed E-state index contributed by atoms with van der Waals surface area (Å²) in [6.45, 7) is -0.378. The van der Waals surface area contributed by atoms with E-state index in [9.17, 15) is 19.3 Å². The predicted octanol–water partition coefficient (Wildman–Crippen LogP) is -1.05. The topological polar surface area (TPSA) is 140 Å². The summed E-state index contributed by atoms with van der Waals surface area (Å²) in [4.78, 5) is 33.8. The number of hydrogen-bond acceptors (Lipinski definition) is 7. The van der Waals surface area contributed by atoms with Crippen molar-refractivity contribution in [3.05, 3.63) is 33.1 Å². The van der Waals surface area contributed by atoms with E-state index in [-0.39, 0.29) is 13.0 Å². The highest BCUT2D eigenvalue weighted by Gasteiger charge is 2.37. The molecule has 11 heteroatoms.